The van der Waals surface area contributed by atoms with Crippen LogP contribution in [0.5, 0.6) is 5.75 Å². The van der Waals surface area contributed by atoms with E-state index in [2.05, 4.69) is 15.4 Å². The van der Waals surface area contributed by atoms with Crippen LogP contribution in [0.15, 0.2) is 36.7 Å². The molecule has 0 saturated carbocycles. The average molecular weight is 390 g/mol. The Morgan fingerprint density at radius 3 is 2.85 bits per heavy atom. The molecule has 1 aromatic carbocycles. The summed E-state index contributed by atoms with van der Waals surface area (Å²) in [6.45, 7) is 2.52. The lowest BCUT2D eigenvalue weighted by atomic mass is 10.1. The van der Waals surface area contributed by atoms with Crippen LogP contribution in [-0.4, -0.2) is 46.1 Å². The van der Waals surface area contributed by atoms with E-state index in [0.29, 0.717) is 22.8 Å². The highest BCUT2D eigenvalue weighted by atomic mass is 35.5. The number of hydrogen-bond donors (Lipinski definition) is 1. The molecule has 0 fully saturated rings. The maximum absolute atomic E-state index is 11.9. The minimum absolute atomic E-state index is 0. The Labute approximate surface area is 162 Å². The van der Waals surface area contributed by atoms with Crippen LogP contribution >= 0.6 is 12.4 Å². The highest BCUT2D eigenvalue weighted by molar-refractivity contribution is 5.90. The van der Waals surface area contributed by atoms with Crippen molar-refractivity contribution < 1.29 is 14.3 Å². The third-order valence-electron chi connectivity index (χ3n) is 4.40. The van der Waals surface area contributed by atoms with Gasteiger partial charge in [-0.3, -0.25) is 9.25 Å². The molecule has 27 heavy (non-hydrogen) atoms. The molecular formula is C18H20ClN5O3. The van der Waals surface area contributed by atoms with Crippen molar-refractivity contribution in [3.63, 3.8) is 0 Å². The lowest BCUT2D eigenvalue weighted by molar-refractivity contribution is 0.0600. The molecule has 0 radical (unpaired) electrons. The first-order valence-corrected chi connectivity index (χ1v) is 8.29. The van der Waals surface area contributed by atoms with Gasteiger partial charge in [-0.05, 0) is 24.3 Å². The van der Waals surface area contributed by atoms with Crippen LogP contribution < -0.4 is 10.1 Å². The Balaban J connectivity index is 0.00000210. The van der Waals surface area contributed by atoms with E-state index >= 15 is 0 Å². The van der Waals surface area contributed by atoms with Gasteiger partial charge in [0.25, 0.3) is 0 Å². The Kier molecular flexibility index (Phi) is 5.48. The van der Waals surface area contributed by atoms with Crippen LogP contribution in [0.3, 0.4) is 0 Å². The average Bonchev–Trinajstić information content (AvgIpc) is 3.33. The summed E-state index contributed by atoms with van der Waals surface area (Å²) in [4.78, 5) is 16.4. The number of nitrogens with one attached hydrogen (secondary N) is 1. The van der Waals surface area contributed by atoms with Crippen molar-refractivity contribution in [2.24, 2.45) is 0 Å². The number of benzene rings is 1. The molecule has 0 atom stereocenters. The third-order valence-corrected chi connectivity index (χ3v) is 4.40. The third kappa shape index (κ3) is 3.41. The molecule has 9 heteroatoms. The zero-order chi connectivity index (χ0) is 18.1. The molecule has 3 heterocycles. The molecule has 0 bridgehead atoms. The zero-order valence-electron chi connectivity index (χ0n) is 15.0. The van der Waals surface area contributed by atoms with E-state index in [1.165, 1.54) is 7.11 Å². The number of carbonyl (C=O) groups is 1. The number of methoxy groups -OCH3 is 2. The SMILES string of the molecule is COC(=O)c1ccc(OC)c(-n2ccnc2-c2cc3n(n2)CCNC3)c1.Cl. The van der Waals surface area contributed by atoms with Gasteiger partial charge >= 0.3 is 5.97 Å². The summed E-state index contributed by atoms with van der Waals surface area (Å²) in [5, 5.41) is 8.00. The minimum atomic E-state index is -0.404. The van der Waals surface area contributed by atoms with Gasteiger partial charge in [0.1, 0.15) is 11.4 Å². The molecule has 0 saturated heterocycles. The van der Waals surface area contributed by atoms with E-state index in [1.807, 2.05) is 21.5 Å². The maximum atomic E-state index is 11.9. The van der Waals surface area contributed by atoms with Gasteiger partial charge < -0.3 is 14.8 Å². The minimum Gasteiger partial charge on any atom is -0.495 e. The lowest BCUT2D eigenvalue weighted by Gasteiger charge is -2.13. The number of ether oxygens (including phenoxy) is 2. The molecule has 0 aliphatic carbocycles. The van der Waals surface area contributed by atoms with Crippen LogP contribution in [0, 0.1) is 0 Å². The summed E-state index contributed by atoms with van der Waals surface area (Å²) < 4.78 is 14.2. The predicted molar refractivity (Wildman–Crippen MR) is 102 cm³/mol. The molecule has 142 valence electrons. The van der Waals surface area contributed by atoms with Crippen LogP contribution in [0.1, 0.15) is 16.1 Å². The van der Waals surface area contributed by atoms with Crippen LogP contribution in [-0.2, 0) is 17.8 Å². The summed E-state index contributed by atoms with van der Waals surface area (Å²) >= 11 is 0. The van der Waals surface area contributed by atoms with Gasteiger partial charge in [-0.15, -0.1) is 12.4 Å². The normalized spacial score (nSPS) is 12.8. The quantitative estimate of drug-likeness (QED) is 0.688. The van der Waals surface area contributed by atoms with Gasteiger partial charge in [-0.1, -0.05) is 0 Å². The van der Waals surface area contributed by atoms with Crippen molar-refractivity contribution in [2.45, 2.75) is 13.1 Å². The van der Waals surface area contributed by atoms with Crippen molar-refractivity contribution >= 4 is 18.4 Å². The number of halogens is 1. The number of esters is 1. The van der Waals surface area contributed by atoms with Crippen molar-refractivity contribution in [3.05, 3.63) is 47.9 Å². The van der Waals surface area contributed by atoms with E-state index in [0.717, 1.165) is 31.0 Å². The Morgan fingerprint density at radius 1 is 1.26 bits per heavy atom. The summed E-state index contributed by atoms with van der Waals surface area (Å²) in [6, 6.07) is 7.17. The smallest absolute Gasteiger partial charge is 0.337 e. The Morgan fingerprint density at radius 2 is 2.11 bits per heavy atom. The first-order valence-electron chi connectivity index (χ1n) is 8.29. The van der Waals surface area contributed by atoms with Crippen molar-refractivity contribution in [1.82, 2.24) is 24.6 Å². The Hall–Kier alpha value is -2.84. The largest absolute Gasteiger partial charge is 0.495 e. The molecule has 8 nitrogen and oxygen atoms in total. The summed E-state index contributed by atoms with van der Waals surface area (Å²) in [5.74, 6) is 0.911. The molecule has 1 aliphatic rings. The number of rotatable bonds is 4. The topological polar surface area (TPSA) is 83.2 Å². The van der Waals surface area contributed by atoms with Crippen LogP contribution in [0.2, 0.25) is 0 Å². The molecular weight excluding hydrogens is 370 g/mol. The number of hydrogen-bond acceptors (Lipinski definition) is 6. The lowest BCUT2D eigenvalue weighted by Crippen LogP contribution is -2.28. The monoisotopic (exact) mass is 389 g/mol. The van der Waals surface area contributed by atoms with E-state index in [-0.39, 0.29) is 12.4 Å². The molecule has 1 aliphatic heterocycles. The van der Waals surface area contributed by atoms with Crippen molar-refractivity contribution in [2.75, 3.05) is 20.8 Å². The molecule has 0 unspecified atom stereocenters. The van der Waals surface area contributed by atoms with Gasteiger partial charge in [0.15, 0.2) is 5.82 Å². The number of imidazole rings is 1. The van der Waals surface area contributed by atoms with Crippen molar-refractivity contribution in [3.8, 4) is 23.0 Å². The van der Waals surface area contributed by atoms with Gasteiger partial charge in [-0.2, -0.15) is 5.10 Å². The molecule has 1 N–H and O–H groups in total. The predicted octanol–water partition coefficient (Wildman–Crippen LogP) is 2.06. The highest BCUT2D eigenvalue weighted by Gasteiger charge is 2.19. The first-order chi connectivity index (χ1) is 12.7. The van der Waals surface area contributed by atoms with E-state index < -0.39 is 5.97 Å². The van der Waals surface area contributed by atoms with Gasteiger partial charge in [0.05, 0.1) is 37.7 Å². The van der Waals surface area contributed by atoms with Gasteiger partial charge in [-0.25, -0.2) is 9.78 Å². The first kappa shape index (κ1) is 18.9. The molecule has 0 amide bonds. The molecule has 3 aromatic rings. The maximum Gasteiger partial charge on any atom is 0.337 e. The zero-order valence-corrected chi connectivity index (χ0v) is 15.8. The highest BCUT2D eigenvalue weighted by Crippen LogP contribution is 2.29. The van der Waals surface area contributed by atoms with E-state index in [4.69, 9.17) is 9.47 Å². The summed E-state index contributed by atoms with van der Waals surface area (Å²) in [7, 11) is 2.95. The van der Waals surface area contributed by atoms with Gasteiger partial charge in [0, 0.05) is 25.5 Å². The van der Waals surface area contributed by atoms with E-state index in [1.54, 1.807) is 31.5 Å². The fourth-order valence-electron chi connectivity index (χ4n) is 3.11. The summed E-state index contributed by atoms with van der Waals surface area (Å²) in [6.07, 6.45) is 3.53. The summed E-state index contributed by atoms with van der Waals surface area (Å²) in [5.41, 5.74) is 3.04. The van der Waals surface area contributed by atoms with Gasteiger partial charge in [0.2, 0.25) is 0 Å². The number of fused-ring (bicyclic) bond motifs is 1. The van der Waals surface area contributed by atoms with Crippen LogP contribution in [0.4, 0.5) is 0 Å². The van der Waals surface area contributed by atoms with E-state index in [9.17, 15) is 4.79 Å². The molecule has 2 aromatic heterocycles. The second kappa shape index (κ2) is 7.81. The fourth-order valence-corrected chi connectivity index (χ4v) is 3.11. The Bertz CT molecular complexity index is 942. The second-order valence-electron chi connectivity index (χ2n) is 5.92. The number of nitrogens with zero attached hydrogens (tertiary/aromatic N) is 4. The number of aromatic nitrogens is 4. The fraction of sp³-hybridized carbons (Fsp3) is 0.278. The molecule has 0 spiro atoms. The van der Waals surface area contributed by atoms with Crippen molar-refractivity contribution in [1.29, 1.82) is 0 Å². The standard InChI is InChI=1S/C18H19N5O3.ClH/c1-25-16-4-3-12(18(24)26-2)9-15(16)22-7-6-20-17(22)14-10-13-11-19-5-8-23(13)21-14;/h3-4,6-7,9-10,19H,5,8,11H2,1-2H3;1H. The molecule has 4 rings (SSSR count). The number of carbonyl (C=O) groups excluding carboxylic acids is 1. The van der Waals surface area contributed by atoms with Crippen LogP contribution in [0.25, 0.3) is 17.2 Å². The second-order valence-corrected chi connectivity index (χ2v) is 5.92.